The van der Waals surface area contributed by atoms with Crippen LogP contribution in [-0.4, -0.2) is 42.5 Å². The average molecular weight is 227 g/mol. The van der Waals surface area contributed by atoms with E-state index in [4.69, 9.17) is 5.73 Å². The zero-order valence-corrected chi connectivity index (χ0v) is 10.7. The maximum Gasteiger partial charge on any atom is 0.236 e. The SMILES string of the molecule is CC(C)CN1CCC(NC(=O)C(C)N)CC1. The van der Waals surface area contributed by atoms with Crippen molar-refractivity contribution in [2.75, 3.05) is 19.6 Å². The van der Waals surface area contributed by atoms with Crippen molar-refractivity contribution in [1.82, 2.24) is 10.2 Å². The Morgan fingerprint density at radius 2 is 1.94 bits per heavy atom. The molecular formula is C12H25N3O. The van der Waals surface area contributed by atoms with Crippen LogP contribution in [-0.2, 0) is 4.79 Å². The normalized spacial score (nSPS) is 21.1. The van der Waals surface area contributed by atoms with Crippen molar-refractivity contribution in [2.45, 2.75) is 45.7 Å². The highest BCUT2D eigenvalue weighted by Crippen LogP contribution is 2.12. The van der Waals surface area contributed by atoms with E-state index in [1.165, 1.54) is 0 Å². The molecule has 1 amide bonds. The molecule has 3 N–H and O–H groups in total. The summed E-state index contributed by atoms with van der Waals surface area (Å²) in [5.41, 5.74) is 5.52. The number of nitrogens with zero attached hydrogens (tertiary/aromatic N) is 1. The molecule has 0 aliphatic carbocycles. The highest BCUT2D eigenvalue weighted by molar-refractivity contribution is 5.81. The number of carbonyl (C=O) groups is 1. The molecule has 1 aliphatic rings. The second kappa shape index (κ2) is 6.21. The summed E-state index contributed by atoms with van der Waals surface area (Å²) in [6, 6.07) is -0.0735. The molecule has 1 unspecified atom stereocenters. The van der Waals surface area contributed by atoms with Crippen molar-refractivity contribution in [3.63, 3.8) is 0 Å². The van der Waals surface area contributed by atoms with Gasteiger partial charge in [-0.1, -0.05) is 13.8 Å². The average Bonchev–Trinajstić information content (AvgIpc) is 2.20. The van der Waals surface area contributed by atoms with Crippen LogP contribution in [0.1, 0.15) is 33.6 Å². The van der Waals surface area contributed by atoms with Gasteiger partial charge < -0.3 is 16.0 Å². The first-order valence-electron chi connectivity index (χ1n) is 6.27. The Kier molecular flexibility index (Phi) is 5.22. The van der Waals surface area contributed by atoms with E-state index in [0.717, 1.165) is 38.4 Å². The standard InChI is InChI=1S/C12H25N3O/c1-9(2)8-15-6-4-11(5-7-15)14-12(16)10(3)13/h9-11H,4-8,13H2,1-3H3,(H,14,16). The fourth-order valence-electron chi connectivity index (χ4n) is 2.11. The third kappa shape index (κ3) is 4.49. The molecule has 16 heavy (non-hydrogen) atoms. The number of hydrogen-bond donors (Lipinski definition) is 2. The van der Waals surface area contributed by atoms with Crippen LogP contribution in [0.15, 0.2) is 0 Å². The third-order valence-electron chi connectivity index (χ3n) is 2.97. The fourth-order valence-corrected chi connectivity index (χ4v) is 2.11. The summed E-state index contributed by atoms with van der Waals surface area (Å²) < 4.78 is 0. The van der Waals surface area contributed by atoms with Gasteiger partial charge in [-0.25, -0.2) is 0 Å². The second-order valence-electron chi connectivity index (χ2n) is 5.27. The van der Waals surface area contributed by atoms with Crippen molar-refractivity contribution < 1.29 is 4.79 Å². The molecule has 1 aliphatic heterocycles. The molecule has 1 fully saturated rings. The highest BCUT2D eigenvalue weighted by atomic mass is 16.2. The maximum atomic E-state index is 11.4. The van der Waals surface area contributed by atoms with Gasteiger partial charge in [0.2, 0.25) is 5.91 Å². The molecule has 1 heterocycles. The Hall–Kier alpha value is -0.610. The summed E-state index contributed by atoms with van der Waals surface area (Å²) in [4.78, 5) is 13.9. The summed E-state index contributed by atoms with van der Waals surface area (Å²) in [7, 11) is 0. The van der Waals surface area contributed by atoms with Gasteiger partial charge in [0.15, 0.2) is 0 Å². The predicted molar refractivity (Wildman–Crippen MR) is 66.1 cm³/mol. The minimum atomic E-state index is -0.395. The molecule has 94 valence electrons. The van der Waals surface area contributed by atoms with Crippen LogP contribution in [0.25, 0.3) is 0 Å². The van der Waals surface area contributed by atoms with Crippen molar-refractivity contribution in [3.05, 3.63) is 0 Å². The zero-order chi connectivity index (χ0) is 12.1. The predicted octanol–water partition coefficient (Wildman–Crippen LogP) is 0.570. The topological polar surface area (TPSA) is 58.4 Å². The summed E-state index contributed by atoms with van der Waals surface area (Å²) >= 11 is 0. The van der Waals surface area contributed by atoms with Crippen LogP contribution in [0.5, 0.6) is 0 Å². The number of carbonyl (C=O) groups excluding carboxylic acids is 1. The molecule has 1 rings (SSSR count). The molecule has 0 aromatic carbocycles. The molecule has 1 saturated heterocycles. The van der Waals surface area contributed by atoms with Gasteiger partial charge in [0.05, 0.1) is 6.04 Å². The lowest BCUT2D eigenvalue weighted by molar-refractivity contribution is -0.123. The van der Waals surface area contributed by atoms with Gasteiger partial charge in [-0.3, -0.25) is 4.79 Å². The molecule has 1 atom stereocenters. The van der Waals surface area contributed by atoms with Crippen molar-refractivity contribution in [3.8, 4) is 0 Å². The van der Waals surface area contributed by atoms with Crippen LogP contribution in [0.3, 0.4) is 0 Å². The number of hydrogen-bond acceptors (Lipinski definition) is 3. The number of amides is 1. The Morgan fingerprint density at radius 1 is 1.38 bits per heavy atom. The monoisotopic (exact) mass is 227 g/mol. The lowest BCUT2D eigenvalue weighted by atomic mass is 10.0. The van der Waals surface area contributed by atoms with E-state index in [-0.39, 0.29) is 5.91 Å². The molecular weight excluding hydrogens is 202 g/mol. The Morgan fingerprint density at radius 3 is 2.38 bits per heavy atom. The van der Waals surface area contributed by atoms with Crippen molar-refractivity contribution in [2.24, 2.45) is 11.7 Å². The van der Waals surface area contributed by atoms with Gasteiger partial charge in [-0.05, 0) is 25.7 Å². The van der Waals surface area contributed by atoms with E-state index < -0.39 is 6.04 Å². The zero-order valence-electron chi connectivity index (χ0n) is 10.7. The smallest absolute Gasteiger partial charge is 0.236 e. The van der Waals surface area contributed by atoms with Gasteiger partial charge >= 0.3 is 0 Å². The number of likely N-dealkylation sites (tertiary alicyclic amines) is 1. The van der Waals surface area contributed by atoms with Crippen LogP contribution < -0.4 is 11.1 Å². The number of piperidine rings is 1. The molecule has 0 bridgehead atoms. The van der Waals surface area contributed by atoms with E-state index >= 15 is 0 Å². The summed E-state index contributed by atoms with van der Waals surface area (Å²) in [5, 5.41) is 3.00. The minimum absolute atomic E-state index is 0.0256. The lowest BCUT2D eigenvalue weighted by Crippen LogP contribution is -2.49. The molecule has 0 aromatic heterocycles. The number of rotatable bonds is 4. The van der Waals surface area contributed by atoms with Crippen molar-refractivity contribution >= 4 is 5.91 Å². The minimum Gasteiger partial charge on any atom is -0.352 e. The Bertz CT molecular complexity index is 220. The molecule has 0 aromatic rings. The first-order valence-corrected chi connectivity index (χ1v) is 6.27. The number of nitrogens with two attached hydrogens (primary N) is 1. The largest absolute Gasteiger partial charge is 0.352 e. The highest BCUT2D eigenvalue weighted by Gasteiger charge is 2.21. The molecule has 0 saturated carbocycles. The van der Waals surface area contributed by atoms with E-state index in [9.17, 15) is 4.79 Å². The quantitative estimate of drug-likeness (QED) is 0.738. The van der Waals surface area contributed by atoms with Crippen LogP contribution in [0, 0.1) is 5.92 Å². The summed E-state index contributed by atoms with van der Waals surface area (Å²) in [5.74, 6) is 0.692. The summed E-state index contributed by atoms with van der Waals surface area (Å²) in [6.45, 7) is 9.54. The first kappa shape index (κ1) is 13.5. The van der Waals surface area contributed by atoms with Crippen LogP contribution in [0.2, 0.25) is 0 Å². The van der Waals surface area contributed by atoms with E-state index in [1.54, 1.807) is 6.92 Å². The van der Waals surface area contributed by atoms with Crippen molar-refractivity contribution in [1.29, 1.82) is 0 Å². The molecule has 0 radical (unpaired) electrons. The van der Waals surface area contributed by atoms with Gasteiger partial charge in [0.25, 0.3) is 0 Å². The van der Waals surface area contributed by atoms with Crippen LogP contribution in [0.4, 0.5) is 0 Å². The van der Waals surface area contributed by atoms with Gasteiger partial charge in [0.1, 0.15) is 0 Å². The van der Waals surface area contributed by atoms with E-state index in [2.05, 4.69) is 24.1 Å². The van der Waals surface area contributed by atoms with Gasteiger partial charge in [0, 0.05) is 25.7 Å². The van der Waals surface area contributed by atoms with E-state index in [0.29, 0.717) is 6.04 Å². The van der Waals surface area contributed by atoms with Gasteiger partial charge in [-0.2, -0.15) is 0 Å². The first-order chi connectivity index (χ1) is 7.49. The molecule has 4 heteroatoms. The molecule has 0 spiro atoms. The van der Waals surface area contributed by atoms with Gasteiger partial charge in [-0.15, -0.1) is 0 Å². The summed E-state index contributed by atoms with van der Waals surface area (Å²) in [6.07, 6.45) is 2.09. The second-order valence-corrected chi connectivity index (χ2v) is 5.27. The third-order valence-corrected chi connectivity index (χ3v) is 2.97. The fraction of sp³-hybridized carbons (Fsp3) is 0.917. The van der Waals surface area contributed by atoms with E-state index in [1.807, 2.05) is 0 Å². The Balaban J connectivity index is 2.24. The number of nitrogens with one attached hydrogen (secondary N) is 1. The lowest BCUT2D eigenvalue weighted by Gasteiger charge is -2.33. The molecule has 4 nitrogen and oxygen atoms in total. The Labute approximate surface area is 98.6 Å². The maximum absolute atomic E-state index is 11.4. The van der Waals surface area contributed by atoms with Crippen LogP contribution >= 0.6 is 0 Å².